The molecule has 1 aromatic carbocycles. The van der Waals surface area contributed by atoms with Gasteiger partial charge in [-0.2, -0.15) is 0 Å². The van der Waals surface area contributed by atoms with Gasteiger partial charge in [0.25, 0.3) is 0 Å². The zero-order chi connectivity index (χ0) is 24.2. The fourth-order valence-corrected chi connectivity index (χ4v) is 4.31. The van der Waals surface area contributed by atoms with Crippen LogP contribution in [0, 0.1) is 0 Å². The first-order valence-corrected chi connectivity index (χ1v) is 11.8. The largest absolute Gasteiger partial charge is 0.490 e. The topological polar surface area (TPSA) is 147 Å². The Labute approximate surface area is 198 Å². The number of rotatable bonds is 8. The van der Waals surface area contributed by atoms with Crippen molar-refractivity contribution < 1.29 is 39.4 Å². The number of aliphatic hydroxyl groups excluding tert-OH is 4. The molecular formula is C24H34N2O8. The van der Waals surface area contributed by atoms with Crippen LogP contribution in [-0.2, 0) is 15.9 Å². The summed E-state index contributed by atoms with van der Waals surface area (Å²) in [4.78, 5) is 0. The van der Waals surface area contributed by atoms with Crippen molar-refractivity contribution >= 4 is 0 Å². The fourth-order valence-electron chi connectivity index (χ4n) is 4.31. The van der Waals surface area contributed by atoms with Crippen molar-refractivity contribution in [3.63, 3.8) is 0 Å². The molecule has 34 heavy (non-hydrogen) atoms. The van der Waals surface area contributed by atoms with E-state index in [2.05, 4.69) is 10.2 Å². The Hall–Kier alpha value is -2.21. The molecule has 2 aromatic rings. The maximum absolute atomic E-state index is 10.4. The molecule has 5 atom stereocenters. The minimum absolute atomic E-state index is 0.0913. The lowest BCUT2D eigenvalue weighted by Gasteiger charge is -2.39. The van der Waals surface area contributed by atoms with Gasteiger partial charge in [-0.3, -0.25) is 5.10 Å². The van der Waals surface area contributed by atoms with E-state index in [-0.39, 0.29) is 17.9 Å². The molecule has 4 rings (SSSR count). The first kappa shape index (κ1) is 24.9. The third-order valence-electron chi connectivity index (χ3n) is 6.32. The summed E-state index contributed by atoms with van der Waals surface area (Å²) in [6.07, 6.45) is -4.67. The van der Waals surface area contributed by atoms with Crippen molar-refractivity contribution in [2.75, 3.05) is 19.8 Å². The van der Waals surface area contributed by atoms with Crippen LogP contribution in [0.1, 0.15) is 49.4 Å². The number of aliphatic hydroxyl groups is 4. The highest BCUT2D eigenvalue weighted by Gasteiger charge is 2.45. The Balaban J connectivity index is 1.58. The van der Waals surface area contributed by atoms with Crippen LogP contribution in [0.15, 0.2) is 24.3 Å². The smallest absolute Gasteiger partial charge is 0.238 e. The van der Waals surface area contributed by atoms with E-state index in [1.54, 1.807) is 0 Å². The highest BCUT2D eigenvalue weighted by Crippen LogP contribution is 2.33. The van der Waals surface area contributed by atoms with Gasteiger partial charge in [-0.25, -0.2) is 0 Å². The molecule has 2 aliphatic rings. The van der Waals surface area contributed by atoms with Gasteiger partial charge >= 0.3 is 0 Å². The maximum atomic E-state index is 10.4. The number of aromatic amines is 1. The number of hydrogen-bond acceptors (Lipinski definition) is 9. The molecule has 1 aromatic heterocycles. The van der Waals surface area contributed by atoms with E-state index in [1.165, 1.54) is 0 Å². The maximum Gasteiger partial charge on any atom is 0.238 e. The first-order valence-electron chi connectivity index (χ1n) is 11.8. The summed E-state index contributed by atoms with van der Waals surface area (Å²) in [6, 6.07) is 7.81. The number of hydrogen-bond donors (Lipinski definition) is 5. The van der Waals surface area contributed by atoms with Crippen molar-refractivity contribution in [1.29, 1.82) is 0 Å². The number of H-pyrrole nitrogens is 1. The van der Waals surface area contributed by atoms with Crippen molar-refractivity contribution in [1.82, 2.24) is 10.2 Å². The summed E-state index contributed by atoms with van der Waals surface area (Å²) >= 11 is 0. The third-order valence-corrected chi connectivity index (χ3v) is 6.32. The molecule has 1 unspecified atom stereocenters. The first-order chi connectivity index (χ1) is 16.4. The van der Waals surface area contributed by atoms with Crippen molar-refractivity contribution in [2.24, 2.45) is 0 Å². The van der Waals surface area contributed by atoms with Crippen LogP contribution in [0.25, 0.3) is 0 Å². The summed E-state index contributed by atoms with van der Waals surface area (Å²) in [5.41, 5.74) is 2.59. The zero-order valence-corrected chi connectivity index (χ0v) is 19.5. The SMILES string of the molecule is CC(C)c1[nH]nc(OC2O[C@H](CO)[C@@H](O)[C@H](O)[C@H]2O)c1Cc1ccccc1OC1CCOCC1. The average Bonchev–Trinajstić information content (AvgIpc) is 3.23. The third kappa shape index (κ3) is 5.37. The van der Waals surface area contributed by atoms with E-state index < -0.39 is 37.3 Å². The van der Waals surface area contributed by atoms with E-state index in [4.69, 9.17) is 18.9 Å². The number of benzene rings is 1. The highest BCUT2D eigenvalue weighted by atomic mass is 16.7. The molecule has 0 spiro atoms. The van der Waals surface area contributed by atoms with Crippen LogP contribution in [0.5, 0.6) is 11.6 Å². The van der Waals surface area contributed by atoms with Crippen LogP contribution in [-0.4, -0.2) is 87.3 Å². The predicted molar refractivity (Wildman–Crippen MR) is 121 cm³/mol. The molecule has 0 radical (unpaired) electrons. The second-order valence-electron chi connectivity index (χ2n) is 9.10. The van der Waals surface area contributed by atoms with Gasteiger partial charge in [0, 0.05) is 30.5 Å². The minimum Gasteiger partial charge on any atom is -0.490 e. The number of nitrogens with one attached hydrogen (secondary N) is 1. The lowest BCUT2D eigenvalue weighted by Crippen LogP contribution is -2.60. The molecule has 3 heterocycles. The Bertz CT molecular complexity index is 927. The van der Waals surface area contributed by atoms with Gasteiger partial charge in [-0.15, -0.1) is 5.10 Å². The highest BCUT2D eigenvalue weighted by molar-refractivity contribution is 5.43. The summed E-state index contributed by atoms with van der Waals surface area (Å²) in [5.74, 6) is 1.11. The van der Waals surface area contributed by atoms with Crippen molar-refractivity contribution in [3.05, 3.63) is 41.1 Å². The monoisotopic (exact) mass is 478 g/mol. The molecule has 10 heteroatoms. The molecule has 2 aliphatic heterocycles. The molecule has 5 N–H and O–H groups in total. The van der Waals surface area contributed by atoms with Gasteiger partial charge in [0.15, 0.2) is 0 Å². The Morgan fingerprint density at radius 2 is 1.79 bits per heavy atom. The van der Waals surface area contributed by atoms with Crippen molar-refractivity contribution in [3.8, 4) is 11.6 Å². The minimum atomic E-state index is -1.53. The van der Waals surface area contributed by atoms with Crippen LogP contribution >= 0.6 is 0 Å². The van der Waals surface area contributed by atoms with Gasteiger partial charge in [-0.05, 0) is 17.5 Å². The molecule has 0 bridgehead atoms. The normalized spacial score (nSPS) is 28.3. The molecule has 188 valence electrons. The van der Waals surface area contributed by atoms with Crippen LogP contribution in [0.2, 0.25) is 0 Å². The Kier molecular flexibility index (Phi) is 8.07. The van der Waals surface area contributed by atoms with Gasteiger partial charge in [0.1, 0.15) is 36.3 Å². The number of para-hydroxylation sites is 1. The van der Waals surface area contributed by atoms with Crippen molar-refractivity contribution in [2.45, 2.75) is 75.8 Å². The quantitative estimate of drug-likeness (QED) is 0.373. The Morgan fingerprint density at radius 1 is 1.06 bits per heavy atom. The van der Waals surface area contributed by atoms with E-state index in [0.29, 0.717) is 19.6 Å². The summed E-state index contributed by atoms with van der Waals surface area (Å²) in [6.45, 7) is 4.89. The van der Waals surface area contributed by atoms with E-state index in [0.717, 1.165) is 35.4 Å². The standard InChI is InChI=1S/C24H34N2O8/c1-13(2)19-16(11-14-5-3-4-6-17(14)32-15-7-9-31-10-8-15)23(26-25-19)34-24-22(30)21(29)20(28)18(12-27)33-24/h3-6,13,15,18,20-22,24,27-30H,7-12H2,1-2H3,(H,25,26)/t18-,20-,21+,22-,24?/m1/s1. The molecule has 2 saturated heterocycles. The number of ether oxygens (including phenoxy) is 4. The second-order valence-corrected chi connectivity index (χ2v) is 9.10. The van der Waals surface area contributed by atoms with Gasteiger partial charge in [0.2, 0.25) is 12.2 Å². The molecule has 2 fully saturated rings. The Morgan fingerprint density at radius 3 is 2.50 bits per heavy atom. The molecule has 10 nitrogen and oxygen atoms in total. The number of nitrogens with zero attached hydrogens (tertiary/aromatic N) is 1. The molecule has 0 aliphatic carbocycles. The second kappa shape index (κ2) is 11.0. The van der Waals surface area contributed by atoms with Gasteiger partial charge in [-0.1, -0.05) is 32.0 Å². The lowest BCUT2D eigenvalue weighted by atomic mass is 9.98. The molecule has 0 saturated carbocycles. The summed E-state index contributed by atoms with van der Waals surface area (Å²) in [7, 11) is 0. The molecular weight excluding hydrogens is 444 g/mol. The average molecular weight is 479 g/mol. The lowest BCUT2D eigenvalue weighted by molar-refractivity contribution is -0.278. The summed E-state index contributed by atoms with van der Waals surface area (Å²) < 4.78 is 23.1. The van der Waals surface area contributed by atoms with Gasteiger partial charge in [0.05, 0.1) is 19.8 Å². The zero-order valence-electron chi connectivity index (χ0n) is 19.5. The van der Waals surface area contributed by atoms with Crippen LogP contribution < -0.4 is 9.47 Å². The number of aromatic nitrogens is 2. The summed E-state index contributed by atoms with van der Waals surface area (Å²) in [5, 5.41) is 47.3. The van der Waals surface area contributed by atoms with Crippen LogP contribution in [0.4, 0.5) is 0 Å². The predicted octanol–water partition coefficient (Wildman–Crippen LogP) is 0.860. The van der Waals surface area contributed by atoms with Crippen LogP contribution in [0.3, 0.4) is 0 Å². The van der Waals surface area contributed by atoms with E-state index >= 15 is 0 Å². The van der Waals surface area contributed by atoms with Gasteiger partial charge < -0.3 is 39.4 Å². The molecule has 0 amide bonds. The fraction of sp³-hybridized carbons (Fsp3) is 0.625. The van der Waals surface area contributed by atoms with E-state index in [9.17, 15) is 20.4 Å². The van der Waals surface area contributed by atoms with E-state index in [1.807, 2.05) is 38.1 Å².